The molecule has 0 aromatic heterocycles. The molecule has 1 aromatic carbocycles. The van der Waals surface area contributed by atoms with Gasteiger partial charge in [-0.2, -0.15) is 0 Å². The van der Waals surface area contributed by atoms with Crippen molar-refractivity contribution >= 4 is 5.91 Å². The van der Waals surface area contributed by atoms with Crippen LogP contribution in [0.5, 0.6) is 0 Å². The van der Waals surface area contributed by atoms with Gasteiger partial charge in [0.2, 0.25) is 0 Å². The highest BCUT2D eigenvalue weighted by Crippen LogP contribution is 2.32. The van der Waals surface area contributed by atoms with E-state index in [1.54, 1.807) is 0 Å². The second kappa shape index (κ2) is 7.38. The van der Waals surface area contributed by atoms with E-state index in [1.165, 1.54) is 6.92 Å². The van der Waals surface area contributed by atoms with E-state index in [0.29, 0.717) is 11.0 Å². The molecule has 2 saturated heterocycles. The zero-order valence-corrected chi connectivity index (χ0v) is 13.8. The van der Waals surface area contributed by atoms with Crippen LogP contribution in [0.2, 0.25) is 0 Å². The molecule has 2 aliphatic rings. The summed E-state index contributed by atoms with van der Waals surface area (Å²) in [4.78, 5) is 14.3. The van der Waals surface area contributed by atoms with Gasteiger partial charge in [-0.15, -0.1) is 0 Å². The second-order valence-corrected chi connectivity index (χ2v) is 6.33. The monoisotopic (exact) mass is 361 g/mol. The van der Waals surface area contributed by atoms with Crippen molar-refractivity contribution in [2.75, 3.05) is 32.6 Å². The minimum absolute atomic E-state index is 0.0272. The quantitative estimate of drug-likeness (QED) is 0.826. The molecule has 1 atom stereocenters. The third kappa shape index (κ3) is 4.01. The highest BCUT2D eigenvalue weighted by atomic mass is 19.1. The largest absolute Gasteiger partial charge is 0.360 e. The zero-order valence-electron chi connectivity index (χ0n) is 22.8. The van der Waals surface area contributed by atoms with E-state index in [-0.39, 0.29) is 32.5 Å². The fraction of sp³-hybridized carbons (Fsp3) is 0.632. The lowest BCUT2D eigenvalue weighted by Gasteiger charge is -2.49. The van der Waals surface area contributed by atoms with E-state index in [0.717, 1.165) is 17.0 Å². The van der Waals surface area contributed by atoms with Crippen LogP contribution < -0.4 is 0 Å². The van der Waals surface area contributed by atoms with Crippen molar-refractivity contribution in [3.8, 4) is 0 Å². The number of nitrogens with zero attached hydrogens (tertiary/aromatic N) is 2. The van der Waals surface area contributed by atoms with Gasteiger partial charge in [-0.25, -0.2) is 8.78 Å². The van der Waals surface area contributed by atoms with E-state index >= 15 is 0 Å². The minimum atomic E-state index is -3.11. The Balaban J connectivity index is 1.83. The Morgan fingerprint density at radius 2 is 2.16 bits per heavy atom. The maximum atomic E-state index is 14.2. The average Bonchev–Trinajstić information content (AvgIpc) is 2.71. The molecule has 1 aromatic rings. The Morgan fingerprint density at radius 3 is 2.88 bits per heavy atom. The van der Waals surface area contributed by atoms with Crippen LogP contribution in [0.3, 0.4) is 0 Å². The van der Waals surface area contributed by atoms with Crippen molar-refractivity contribution in [3.05, 3.63) is 35.4 Å². The summed E-state index contributed by atoms with van der Waals surface area (Å²) in [6.45, 7) is -8.04. The van der Waals surface area contributed by atoms with Gasteiger partial charge in [0.05, 0.1) is 5.60 Å². The van der Waals surface area contributed by atoms with Gasteiger partial charge in [0.15, 0.2) is 0 Å². The molecule has 25 heavy (non-hydrogen) atoms. The summed E-state index contributed by atoms with van der Waals surface area (Å²) >= 11 is 0. The number of piperidine rings is 1. The first-order chi connectivity index (χ1) is 15.4. The lowest BCUT2D eigenvalue weighted by molar-refractivity contribution is -0.189. The Bertz CT molecular complexity index is 950. The summed E-state index contributed by atoms with van der Waals surface area (Å²) in [7, 11) is 0. The van der Waals surface area contributed by atoms with Crippen LogP contribution in [-0.4, -0.2) is 60.0 Å². The summed E-state index contributed by atoms with van der Waals surface area (Å²) < 4.78 is 106. The smallest absolute Gasteiger partial charge is 0.251 e. The van der Waals surface area contributed by atoms with Crippen LogP contribution in [0, 0.1) is 11.6 Å². The first-order valence-electron chi connectivity index (χ1n) is 12.6. The number of likely N-dealkylation sites (tertiary alicyclic amines) is 1. The Labute approximate surface area is 160 Å². The topological polar surface area (TPSA) is 32.8 Å². The van der Waals surface area contributed by atoms with Gasteiger partial charge in [-0.05, 0) is 56.8 Å². The van der Waals surface area contributed by atoms with Crippen molar-refractivity contribution in [2.24, 2.45) is 0 Å². The van der Waals surface area contributed by atoms with Crippen LogP contribution in [0.15, 0.2) is 18.2 Å². The number of hydrogen-bond donors (Lipinski definition) is 0. The molecule has 4 nitrogen and oxygen atoms in total. The maximum absolute atomic E-state index is 14.2. The summed E-state index contributed by atoms with van der Waals surface area (Å²) in [5.74, 6) is -2.82. The predicted octanol–water partition coefficient (Wildman–Crippen LogP) is 2.61. The highest BCUT2D eigenvalue weighted by Gasteiger charge is 2.44. The summed E-state index contributed by atoms with van der Waals surface area (Å²) in [5, 5.41) is 0. The van der Waals surface area contributed by atoms with Gasteiger partial charge in [0, 0.05) is 45.0 Å². The van der Waals surface area contributed by atoms with Crippen LogP contribution in [0.25, 0.3) is 0 Å². The van der Waals surface area contributed by atoms with E-state index in [9.17, 15) is 13.6 Å². The molecule has 0 bridgehead atoms. The summed E-state index contributed by atoms with van der Waals surface area (Å²) in [6.07, 6.45) is -4.01. The van der Waals surface area contributed by atoms with Crippen molar-refractivity contribution < 1.29 is 30.6 Å². The van der Waals surface area contributed by atoms with Crippen molar-refractivity contribution in [1.29, 1.82) is 0 Å². The number of likely N-dealkylation sites (N-methyl/N-ethyl adjacent to an activating group) is 1. The Kier molecular flexibility index (Phi) is 2.94. The molecular formula is C19H26F2N2O2. The SMILES string of the molecule is [2H]C([2H])([2H])C([2H])([2H])N1CC2(CCN(C([2H])([2H])C([2H])([2H])c3cc(F)ccc3F)CC2)O[C@H](C)C1=O. The maximum Gasteiger partial charge on any atom is 0.251 e. The summed E-state index contributed by atoms with van der Waals surface area (Å²) in [5.41, 5.74) is -1.93. The van der Waals surface area contributed by atoms with Gasteiger partial charge < -0.3 is 14.5 Å². The van der Waals surface area contributed by atoms with Crippen molar-refractivity contribution in [2.45, 2.75) is 44.7 Å². The lowest BCUT2D eigenvalue weighted by atomic mass is 9.88. The number of carbonyl (C=O) groups is 1. The molecule has 2 heterocycles. The molecule has 0 saturated carbocycles. The van der Waals surface area contributed by atoms with Crippen LogP contribution in [0.1, 0.15) is 44.5 Å². The number of aryl methyl sites for hydroxylation is 1. The van der Waals surface area contributed by atoms with E-state index in [1.807, 2.05) is 0 Å². The number of halogens is 2. The molecule has 0 aliphatic carbocycles. The van der Waals surface area contributed by atoms with E-state index in [4.69, 9.17) is 17.1 Å². The minimum Gasteiger partial charge on any atom is -0.360 e. The number of morpholine rings is 1. The lowest BCUT2D eigenvalue weighted by Crippen LogP contribution is -2.61. The molecule has 0 radical (unpaired) electrons. The normalized spacial score (nSPS) is 31.6. The fourth-order valence-corrected chi connectivity index (χ4v) is 3.18. The molecule has 138 valence electrons. The number of hydrogen-bond acceptors (Lipinski definition) is 3. The molecule has 2 fully saturated rings. The summed E-state index contributed by atoms with van der Waals surface area (Å²) in [6, 6.07) is 2.15. The Hall–Kier alpha value is -1.53. The van der Waals surface area contributed by atoms with Crippen molar-refractivity contribution in [1.82, 2.24) is 9.80 Å². The van der Waals surface area contributed by atoms with Crippen LogP contribution >= 0.6 is 0 Å². The van der Waals surface area contributed by atoms with Crippen LogP contribution in [0.4, 0.5) is 8.78 Å². The van der Waals surface area contributed by atoms with E-state index in [2.05, 4.69) is 0 Å². The third-order valence-electron chi connectivity index (χ3n) is 4.57. The third-order valence-corrected chi connectivity index (χ3v) is 4.57. The van der Waals surface area contributed by atoms with Crippen LogP contribution in [-0.2, 0) is 15.9 Å². The predicted molar refractivity (Wildman–Crippen MR) is 91.3 cm³/mol. The van der Waals surface area contributed by atoms with Crippen molar-refractivity contribution in [3.63, 3.8) is 0 Å². The molecule has 0 unspecified atom stereocenters. The van der Waals surface area contributed by atoms with Gasteiger partial charge in [0.25, 0.3) is 5.91 Å². The number of rotatable bonds is 4. The van der Waals surface area contributed by atoms with Gasteiger partial charge in [-0.3, -0.25) is 4.79 Å². The number of amides is 1. The standard InChI is InChI=1S/C19H26F2N2O2/c1-3-23-13-19(25-14(2)18(23)24)7-10-22(11-8-19)9-6-15-12-16(20)4-5-17(15)21/h4-5,12,14H,3,6-11,13H2,1-2H3/t14-/m1/s1/i1D3,3D2,6D2,9D2. The molecule has 0 N–H and O–H groups in total. The molecular weight excluding hydrogens is 326 g/mol. The molecule has 6 heteroatoms. The fourth-order valence-electron chi connectivity index (χ4n) is 3.18. The number of carbonyl (C=O) groups excluding carboxylic acids is 1. The Morgan fingerprint density at radius 1 is 1.40 bits per heavy atom. The van der Waals surface area contributed by atoms with E-state index < -0.39 is 61.0 Å². The average molecular weight is 361 g/mol. The highest BCUT2D eigenvalue weighted by molar-refractivity contribution is 5.81. The molecule has 2 aliphatic heterocycles. The number of benzene rings is 1. The zero-order chi connectivity index (χ0) is 25.9. The number of ether oxygens (including phenoxy) is 1. The molecule has 1 amide bonds. The van der Waals surface area contributed by atoms with Gasteiger partial charge in [0.1, 0.15) is 17.7 Å². The van der Waals surface area contributed by atoms with Gasteiger partial charge in [-0.1, -0.05) is 0 Å². The van der Waals surface area contributed by atoms with Gasteiger partial charge >= 0.3 is 0 Å². The molecule has 3 rings (SSSR count). The molecule has 1 spiro atoms. The first kappa shape index (κ1) is 9.97. The first-order valence-corrected chi connectivity index (χ1v) is 8.06. The second-order valence-electron chi connectivity index (χ2n) is 6.33.